The van der Waals surface area contributed by atoms with Crippen LogP contribution in [0.15, 0.2) is 11.7 Å². The fourth-order valence-corrected chi connectivity index (χ4v) is 3.78. The summed E-state index contributed by atoms with van der Waals surface area (Å²) in [6.07, 6.45) is -13.1. The Balaban J connectivity index is 2.28. The standard InChI is InChI=1S/C20H35NO14/c21-4-2-1-3-5-32-20(19(30)31)6-9(24)16(17(35-20)11(26)8-23)34-18-14(29)12(27)13(28)15(33-18)10(25)7-22/h9-13,15-17,22-29H,1-8,21H2,(H,30,31)/t9?,10-,11+,12?,13-,15?,16+,17?,20+/m0/s1. The van der Waals surface area contributed by atoms with E-state index in [1.165, 1.54) is 0 Å². The highest BCUT2D eigenvalue weighted by Gasteiger charge is 2.56. The van der Waals surface area contributed by atoms with Gasteiger partial charge in [-0.2, -0.15) is 0 Å². The number of carboxylic acids is 1. The first-order valence-corrected chi connectivity index (χ1v) is 11.2. The number of aliphatic hydroxyl groups is 8. The summed E-state index contributed by atoms with van der Waals surface area (Å²) in [4.78, 5) is 12.0. The van der Waals surface area contributed by atoms with E-state index in [0.717, 1.165) is 0 Å². The smallest absolute Gasteiger partial charge is 0.364 e. The molecule has 0 bridgehead atoms. The van der Waals surface area contributed by atoms with Crippen LogP contribution in [0, 0.1) is 0 Å². The van der Waals surface area contributed by atoms with Gasteiger partial charge < -0.3 is 70.6 Å². The third-order valence-corrected chi connectivity index (χ3v) is 5.79. The average Bonchev–Trinajstić information content (AvgIpc) is 2.84. The van der Waals surface area contributed by atoms with Crippen LogP contribution in [-0.2, 0) is 23.7 Å². The Morgan fingerprint density at radius 3 is 2.29 bits per heavy atom. The van der Waals surface area contributed by atoms with Gasteiger partial charge in [-0.3, -0.25) is 0 Å². The van der Waals surface area contributed by atoms with Crippen molar-refractivity contribution in [1.29, 1.82) is 0 Å². The summed E-state index contributed by atoms with van der Waals surface area (Å²) in [7, 11) is 0. The third kappa shape index (κ3) is 6.71. The summed E-state index contributed by atoms with van der Waals surface area (Å²) in [6.45, 7) is -1.46. The molecule has 0 radical (unpaired) electrons. The molecular weight excluding hydrogens is 478 g/mol. The second kappa shape index (κ2) is 13.0. The fraction of sp³-hybridized carbons (Fsp3) is 0.850. The first kappa shape index (κ1) is 29.4. The highest BCUT2D eigenvalue weighted by molar-refractivity contribution is 5.76. The Morgan fingerprint density at radius 2 is 1.71 bits per heavy atom. The normalized spacial score (nSPS) is 35.3. The van der Waals surface area contributed by atoms with Crippen LogP contribution in [0.2, 0.25) is 0 Å². The van der Waals surface area contributed by atoms with Crippen LogP contribution in [0.25, 0.3) is 0 Å². The number of hydrogen-bond donors (Lipinski definition) is 10. The average molecular weight is 513 g/mol. The second-order valence-corrected chi connectivity index (χ2v) is 8.38. The molecule has 2 rings (SSSR count). The molecule has 35 heavy (non-hydrogen) atoms. The molecule has 2 aliphatic heterocycles. The first-order chi connectivity index (χ1) is 16.5. The lowest BCUT2D eigenvalue weighted by molar-refractivity contribution is -0.330. The zero-order valence-corrected chi connectivity index (χ0v) is 18.9. The SMILES string of the molecule is NCCCCCO[C@]1(C(=O)O)CC(O)[C@@H](OC2=C(O)C(O)[C@H](O)C([C@@H](O)CO)O2)C([C@H](O)CO)O1. The number of nitrogens with two attached hydrogens (primary N) is 1. The summed E-state index contributed by atoms with van der Waals surface area (Å²) in [5, 5.41) is 89.5. The molecule has 1 saturated heterocycles. The van der Waals surface area contributed by atoms with Gasteiger partial charge >= 0.3 is 11.9 Å². The highest BCUT2D eigenvalue weighted by atomic mass is 16.7. The van der Waals surface area contributed by atoms with Crippen molar-refractivity contribution in [3.05, 3.63) is 11.7 Å². The van der Waals surface area contributed by atoms with Gasteiger partial charge in [0.2, 0.25) is 5.76 Å². The number of hydrogen-bond acceptors (Lipinski definition) is 14. The highest BCUT2D eigenvalue weighted by Crippen LogP contribution is 2.37. The fourth-order valence-electron chi connectivity index (χ4n) is 3.78. The molecule has 2 aliphatic rings. The molecular formula is C20H35NO14. The number of carbonyl (C=O) groups is 1. The molecule has 15 heteroatoms. The van der Waals surface area contributed by atoms with Gasteiger partial charge in [0, 0.05) is 6.42 Å². The monoisotopic (exact) mass is 513 g/mol. The topological polar surface area (TPSA) is 262 Å². The summed E-state index contributed by atoms with van der Waals surface area (Å²) in [5.41, 5.74) is 5.42. The molecule has 0 amide bonds. The molecule has 2 heterocycles. The Bertz CT molecular complexity index is 722. The van der Waals surface area contributed by atoms with E-state index in [4.69, 9.17) is 29.8 Å². The zero-order chi connectivity index (χ0) is 26.3. The quantitative estimate of drug-likeness (QED) is 0.105. The van der Waals surface area contributed by atoms with Crippen LogP contribution in [0.3, 0.4) is 0 Å². The van der Waals surface area contributed by atoms with Gasteiger partial charge in [0.25, 0.3) is 5.79 Å². The van der Waals surface area contributed by atoms with Crippen molar-refractivity contribution >= 4 is 5.97 Å². The molecule has 4 unspecified atom stereocenters. The number of aliphatic hydroxyl groups excluding tert-OH is 8. The van der Waals surface area contributed by atoms with Crippen molar-refractivity contribution in [3.63, 3.8) is 0 Å². The molecule has 11 N–H and O–H groups in total. The lowest BCUT2D eigenvalue weighted by Gasteiger charge is -2.46. The third-order valence-electron chi connectivity index (χ3n) is 5.79. The Kier molecular flexibility index (Phi) is 10.9. The van der Waals surface area contributed by atoms with Gasteiger partial charge in [-0.15, -0.1) is 0 Å². The van der Waals surface area contributed by atoms with Crippen LogP contribution in [-0.4, -0.2) is 133 Å². The minimum Gasteiger partial charge on any atom is -0.504 e. The Labute approximate surface area is 200 Å². The molecule has 1 fully saturated rings. The Hall–Kier alpha value is -1.79. The lowest BCUT2D eigenvalue weighted by Crippen LogP contribution is -2.63. The van der Waals surface area contributed by atoms with Gasteiger partial charge in [0.15, 0.2) is 12.2 Å². The number of ether oxygens (including phenoxy) is 4. The predicted octanol–water partition coefficient (Wildman–Crippen LogP) is -4.00. The lowest BCUT2D eigenvalue weighted by atomic mass is 9.92. The van der Waals surface area contributed by atoms with Gasteiger partial charge in [0.1, 0.15) is 30.5 Å². The van der Waals surface area contributed by atoms with Crippen molar-refractivity contribution < 1.29 is 69.7 Å². The van der Waals surface area contributed by atoms with Gasteiger partial charge in [0.05, 0.1) is 25.9 Å². The van der Waals surface area contributed by atoms with Crippen LogP contribution >= 0.6 is 0 Å². The molecule has 0 aliphatic carbocycles. The van der Waals surface area contributed by atoms with E-state index in [9.17, 15) is 45.6 Å². The van der Waals surface area contributed by atoms with Crippen molar-refractivity contribution in [2.24, 2.45) is 5.73 Å². The molecule has 9 atom stereocenters. The Morgan fingerprint density at radius 1 is 1.09 bits per heavy atom. The van der Waals surface area contributed by atoms with Crippen LogP contribution in [0.5, 0.6) is 0 Å². The van der Waals surface area contributed by atoms with Crippen molar-refractivity contribution in [2.75, 3.05) is 26.4 Å². The summed E-state index contributed by atoms with van der Waals surface area (Å²) < 4.78 is 21.5. The summed E-state index contributed by atoms with van der Waals surface area (Å²) >= 11 is 0. The van der Waals surface area contributed by atoms with Gasteiger partial charge in [-0.1, -0.05) is 0 Å². The maximum absolute atomic E-state index is 12.0. The zero-order valence-electron chi connectivity index (χ0n) is 18.9. The molecule has 0 saturated carbocycles. The number of rotatable bonds is 13. The van der Waals surface area contributed by atoms with Crippen molar-refractivity contribution in [2.45, 2.75) is 80.3 Å². The molecule has 0 aromatic rings. The largest absolute Gasteiger partial charge is 0.504 e. The summed E-state index contributed by atoms with van der Waals surface area (Å²) in [6, 6.07) is 0. The molecule has 0 aromatic heterocycles. The molecule has 204 valence electrons. The second-order valence-electron chi connectivity index (χ2n) is 8.38. The van der Waals surface area contributed by atoms with E-state index in [1.54, 1.807) is 0 Å². The number of aliphatic carboxylic acids is 1. The first-order valence-electron chi connectivity index (χ1n) is 11.2. The van der Waals surface area contributed by atoms with E-state index < -0.39 is 91.9 Å². The number of carboxylic acid groups (broad SMARTS) is 1. The summed E-state index contributed by atoms with van der Waals surface area (Å²) in [5.74, 6) is -5.93. The van der Waals surface area contributed by atoms with Crippen molar-refractivity contribution in [3.8, 4) is 0 Å². The van der Waals surface area contributed by atoms with E-state index in [-0.39, 0.29) is 6.61 Å². The minimum absolute atomic E-state index is 0.0770. The molecule has 0 spiro atoms. The van der Waals surface area contributed by atoms with Crippen LogP contribution < -0.4 is 5.73 Å². The van der Waals surface area contributed by atoms with E-state index in [0.29, 0.717) is 25.8 Å². The maximum Gasteiger partial charge on any atom is 0.364 e. The van der Waals surface area contributed by atoms with E-state index >= 15 is 0 Å². The minimum atomic E-state index is -2.40. The maximum atomic E-state index is 12.0. The van der Waals surface area contributed by atoms with Gasteiger partial charge in [-0.25, -0.2) is 4.79 Å². The number of unbranched alkanes of at least 4 members (excludes halogenated alkanes) is 2. The predicted molar refractivity (Wildman–Crippen MR) is 112 cm³/mol. The molecule has 15 nitrogen and oxygen atoms in total. The van der Waals surface area contributed by atoms with Crippen LogP contribution in [0.4, 0.5) is 0 Å². The molecule has 0 aromatic carbocycles. The van der Waals surface area contributed by atoms with Crippen LogP contribution in [0.1, 0.15) is 25.7 Å². The van der Waals surface area contributed by atoms with Gasteiger partial charge in [-0.05, 0) is 25.8 Å². The van der Waals surface area contributed by atoms with Crippen molar-refractivity contribution in [1.82, 2.24) is 0 Å². The van der Waals surface area contributed by atoms with E-state index in [2.05, 4.69) is 0 Å². The van der Waals surface area contributed by atoms with E-state index in [1.807, 2.05) is 0 Å².